The van der Waals surface area contributed by atoms with Gasteiger partial charge in [-0.3, -0.25) is 9.59 Å². The van der Waals surface area contributed by atoms with Gasteiger partial charge in [0.15, 0.2) is 0 Å². The minimum atomic E-state index is -0.399. The third-order valence-corrected chi connectivity index (χ3v) is 3.07. The largest absolute Gasteiger partial charge is 0.493 e. The number of esters is 1. The molecule has 1 aromatic rings. The summed E-state index contributed by atoms with van der Waals surface area (Å²) in [6.45, 7) is 6.25. The molecule has 0 aromatic heterocycles. The molecule has 0 unspecified atom stereocenters. The van der Waals surface area contributed by atoms with Gasteiger partial charge in [0.05, 0.1) is 19.6 Å². The lowest BCUT2D eigenvalue weighted by molar-refractivity contribution is -0.148. The van der Waals surface area contributed by atoms with E-state index in [9.17, 15) is 9.59 Å². The van der Waals surface area contributed by atoms with E-state index < -0.39 is 5.97 Å². The van der Waals surface area contributed by atoms with Gasteiger partial charge in [-0.25, -0.2) is 0 Å². The van der Waals surface area contributed by atoms with Crippen molar-refractivity contribution in [2.75, 3.05) is 26.8 Å². The standard InChI is InChI=1S/C16H23NO4/c1-5-20-15(19)11-17(4)14(18)9-10-21-16-12(2)7-6-8-13(16)3/h6-8H,5,9-11H2,1-4H3. The SMILES string of the molecule is CCOC(=O)CN(C)C(=O)CCOc1c(C)cccc1C. The third kappa shape index (κ3) is 5.45. The van der Waals surface area contributed by atoms with Gasteiger partial charge in [-0.1, -0.05) is 18.2 Å². The Morgan fingerprint density at radius 1 is 1.19 bits per heavy atom. The van der Waals surface area contributed by atoms with E-state index in [1.54, 1.807) is 14.0 Å². The molecule has 0 saturated heterocycles. The van der Waals surface area contributed by atoms with Crippen molar-refractivity contribution in [3.8, 4) is 5.75 Å². The average Bonchev–Trinajstić information content (AvgIpc) is 2.42. The Hall–Kier alpha value is -2.04. The molecule has 116 valence electrons. The van der Waals surface area contributed by atoms with Crippen molar-refractivity contribution in [3.63, 3.8) is 0 Å². The van der Waals surface area contributed by atoms with Gasteiger partial charge in [0, 0.05) is 7.05 Å². The maximum absolute atomic E-state index is 11.9. The quantitative estimate of drug-likeness (QED) is 0.722. The summed E-state index contributed by atoms with van der Waals surface area (Å²) in [6, 6.07) is 5.91. The van der Waals surface area contributed by atoms with Crippen LogP contribution in [0.2, 0.25) is 0 Å². The number of rotatable bonds is 7. The van der Waals surface area contributed by atoms with Crippen molar-refractivity contribution in [2.45, 2.75) is 27.2 Å². The minimum absolute atomic E-state index is 0.0317. The average molecular weight is 293 g/mol. The van der Waals surface area contributed by atoms with Gasteiger partial charge in [0.2, 0.25) is 5.91 Å². The zero-order valence-corrected chi connectivity index (χ0v) is 13.1. The fraction of sp³-hybridized carbons (Fsp3) is 0.500. The second kappa shape index (κ2) is 8.29. The number of hydrogen-bond donors (Lipinski definition) is 0. The number of likely N-dealkylation sites (N-methyl/N-ethyl adjacent to an activating group) is 1. The molecule has 0 atom stereocenters. The second-order valence-electron chi connectivity index (χ2n) is 4.87. The molecule has 0 aliphatic heterocycles. The number of aryl methyl sites for hydroxylation is 2. The summed E-state index contributed by atoms with van der Waals surface area (Å²) >= 11 is 0. The van der Waals surface area contributed by atoms with E-state index in [0.29, 0.717) is 6.61 Å². The normalized spacial score (nSPS) is 10.1. The molecular formula is C16H23NO4. The fourth-order valence-electron chi connectivity index (χ4n) is 1.95. The summed E-state index contributed by atoms with van der Waals surface area (Å²) in [7, 11) is 1.58. The number of amides is 1. The first-order chi connectivity index (χ1) is 9.95. The van der Waals surface area contributed by atoms with Crippen LogP contribution in [0.15, 0.2) is 18.2 Å². The number of carbonyl (C=O) groups excluding carboxylic acids is 2. The number of carbonyl (C=O) groups is 2. The van der Waals surface area contributed by atoms with Crippen molar-refractivity contribution >= 4 is 11.9 Å². The molecule has 5 heteroatoms. The van der Waals surface area contributed by atoms with E-state index in [0.717, 1.165) is 16.9 Å². The van der Waals surface area contributed by atoms with Crippen molar-refractivity contribution in [3.05, 3.63) is 29.3 Å². The van der Waals surface area contributed by atoms with Crippen LogP contribution in [0.1, 0.15) is 24.5 Å². The molecule has 0 heterocycles. The molecule has 1 rings (SSSR count). The molecule has 0 saturated carbocycles. The van der Waals surface area contributed by atoms with Crippen molar-refractivity contribution in [1.82, 2.24) is 4.90 Å². The third-order valence-electron chi connectivity index (χ3n) is 3.07. The van der Waals surface area contributed by atoms with Crippen LogP contribution in [0.5, 0.6) is 5.75 Å². The monoisotopic (exact) mass is 293 g/mol. The van der Waals surface area contributed by atoms with Crippen LogP contribution in [0, 0.1) is 13.8 Å². The van der Waals surface area contributed by atoms with Crippen molar-refractivity contribution in [1.29, 1.82) is 0 Å². The summed E-state index contributed by atoms with van der Waals surface area (Å²) in [4.78, 5) is 24.5. The minimum Gasteiger partial charge on any atom is -0.493 e. The predicted octanol–water partition coefficient (Wildman–Crippen LogP) is 2.09. The summed E-state index contributed by atoms with van der Waals surface area (Å²) in [5, 5.41) is 0. The van der Waals surface area contributed by atoms with Gasteiger partial charge in [0.25, 0.3) is 0 Å². The Labute approximate surface area is 125 Å². The summed E-state index contributed by atoms with van der Waals surface area (Å²) < 4.78 is 10.5. The Kier molecular flexibility index (Phi) is 6.72. The highest BCUT2D eigenvalue weighted by atomic mass is 16.5. The molecule has 0 aliphatic carbocycles. The maximum Gasteiger partial charge on any atom is 0.325 e. The highest BCUT2D eigenvalue weighted by Gasteiger charge is 2.14. The summed E-state index contributed by atoms with van der Waals surface area (Å²) in [5.74, 6) is 0.275. The van der Waals surface area contributed by atoms with E-state index >= 15 is 0 Å². The number of hydrogen-bond acceptors (Lipinski definition) is 4. The molecule has 1 amide bonds. The number of benzene rings is 1. The van der Waals surface area contributed by atoms with E-state index in [1.807, 2.05) is 32.0 Å². The Balaban J connectivity index is 2.41. The zero-order valence-electron chi connectivity index (χ0n) is 13.1. The molecular weight excluding hydrogens is 270 g/mol. The molecule has 0 fully saturated rings. The highest BCUT2D eigenvalue weighted by Crippen LogP contribution is 2.22. The molecule has 0 aliphatic rings. The fourth-order valence-corrected chi connectivity index (χ4v) is 1.95. The van der Waals surface area contributed by atoms with Gasteiger partial charge in [-0.2, -0.15) is 0 Å². The maximum atomic E-state index is 11.9. The van der Waals surface area contributed by atoms with E-state index in [-0.39, 0.29) is 25.5 Å². The Bertz CT molecular complexity index is 479. The summed E-state index contributed by atoms with van der Waals surface area (Å²) in [6.07, 6.45) is 0.226. The van der Waals surface area contributed by atoms with Crippen LogP contribution in [0.4, 0.5) is 0 Å². The molecule has 0 N–H and O–H groups in total. The smallest absolute Gasteiger partial charge is 0.325 e. The van der Waals surface area contributed by atoms with E-state index in [1.165, 1.54) is 4.90 Å². The number of nitrogens with zero attached hydrogens (tertiary/aromatic N) is 1. The Morgan fingerprint density at radius 2 is 1.81 bits per heavy atom. The van der Waals surface area contributed by atoms with Crippen LogP contribution in [-0.2, 0) is 14.3 Å². The van der Waals surface area contributed by atoms with Crippen LogP contribution in [0.3, 0.4) is 0 Å². The number of para-hydroxylation sites is 1. The van der Waals surface area contributed by atoms with Crippen LogP contribution >= 0.6 is 0 Å². The molecule has 0 bridgehead atoms. The summed E-state index contributed by atoms with van der Waals surface area (Å²) in [5.41, 5.74) is 2.09. The molecule has 21 heavy (non-hydrogen) atoms. The molecule has 5 nitrogen and oxygen atoms in total. The topological polar surface area (TPSA) is 55.8 Å². The first kappa shape index (κ1) is 17.0. The van der Waals surface area contributed by atoms with Crippen LogP contribution in [-0.4, -0.2) is 43.6 Å². The highest BCUT2D eigenvalue weighted by molar-refractivity contribution is 5.81. The Morgan fingerprint density at radius 3 is 2.38 bits per heavy atom. The predicted molar refractivity (Wildman–Crippen MR) is 80.3 cm³/mol. The van der Waals surface area contributed by atoms with Gasteiger partial charge >= 0.3 is 5.97 Å². The van der Waals surface area contributed by atoms with Crippen molar-refractivity contribution < 1.29 is 19.1 Å². The lowest BCUT2D eigenvalue weighted by Gasteiger charge is -2.17. The zero-order chi connectivity index (χ0) is 15.8. The van der Waals surface area contributed by atoms with Crippen LogP contribution in [0.25, 0.3) is 0 Å². The lowest BCUT2D eigenvalue weighted by atomic mass is 10.1. The molecule has 1 aromatic carbocycles. The first-order valence-electron chi connectivity index (χ1n) is 7.04. The van der Waals surface area contributed by atoms with E-state index in [2.05, 4.69) is 0 Å². The van der Waals surface area contributed by atoms with Gasteiger partial charge < -0.3 is 14.4 Å². The van der Waals surface area contributed by atoms with Gasteiger partial charge in [-0.15, -0.1) is 0 Å². The van der Waals surface area contributed by atoms with Gasteiger partial charge in [0.1, 0.15) is 12.3 Å². The van der Waals surface area contributed by atoms with Crippen molar-refractivity contribution in [2.24, 2.45) is 0 Å². The van der Waals surface area contributed by atoms with Gasteiger partial charge in [-0.05, 0) is 31.9 Å². The first-order valence-corrected chi connectivity index (χ1v) is 7.04. The van der Waals surface area contributed by atoms with E-state index in [4.69, 9.17) is 9.47 Å². The van der Waals surface area contributed by atoms with Crippen LogP contribution < -0.4 is 4.74 Å². The number of ether oxygens (including phenoxy) is 2. The molecule has 0 spiro atoms. The molecule has 0 radical (unpaired) electrons. The second-order valence-corrected chi connectivity index (χ2v) is 4.87. The lowest BCUT2D eigenvalue weighted by Crippen LogP contribution is -2.33.